The molecule has 0 spiro atoms. The Hall–Kier alpha value is -2.80. The summed E-state index contributed by atoms with van der Waals surface area (Å²) >= 11 is 11.4. The van der Waals surface area contributed by atoms with Gasteiger partial charge in [-0.05, 0) is 24.3 Å². The van der Waals surface area contributed by atoms with Crippen molar-refractivity contribution in [3.05, 3.63) is 57.6 Å². The number of alkyl halides is 6. The van der Waals surface area contributed by atoms with E-state index in [1.165, 1.54) is 0 Å². The van der Waals surface area contributed by atoms with Crippen molar-refractivity contribution in [3.63, 3.8) is 0 Å². The van der Waals surface area contributed by atoms with Crippen LogP contribution in [-0.2, 0) is 0 Å². The largest absolute Gasteiger partial charge is 0.439 e. The van der Waals surface area contributed by atoms with E-state index in [4.69, 9.17) is 23.2 Å². The number of amides is 3. The minimum atomic E-state index is -5.95. The summed E-state index contributed by atoms with van der Waals surface area (Å²) in [6.45, 7) is 0. The highest BCUT2D eigenvalue weighted by Gasteiger charge is 2.59. The molecule has 1 atom stereocenters. The standard InChI is InChI=1S/C18H10Cl2F8N2O3/c1-30(16(32)29-14(31)12-10(21)3-2-4-11(12)22)7-5-8(19)13(9(20)6-7)33-18(27,28)15(23)17(24,25)26/h2-6,15H,1H3,(H,29,31,32). The molecule has 5 nitrogen and oxygen atoms in total. The SMILES string of the molecule is CN(C(=O)NC(=O)c1c(F)cccc1F)c1cc(Cl)c(OC(F)(F)C(F)C(F)(F)F)c(Cl)c1. The van der Waals surface area contributed by atoms with Gasteiger partial charge in [0.2, 0.25) is 0 Å². The lowest BCUT2D eigenvalue weighted by molar-refractivity contribution is -0.304. The van der Waals surface area contributed by atoms with Crippen molar-refractivity contribution in [1.29, 1.82) is 0 Å². The molecule has 2 aromatic carbocycles. The third kappa shape index (κ3) is 5.96. The van der Waals surface area contributed by atoms with Crippen molar-refractivity contribution in [2.24, 2.45) is 0 Å². The fourth-order valence-electron chi connectivity index (χ4n) is 2.29. The zero-order valence-corrected chi connectivity index (χ0v) is 17.4. The Morgan fingerprint density at radius 3 is 1.97 bits per heavy atom. The summed E-state index contributed by atoms with van der Waals surface area (Å²) in [5.74, 6) is -5.21. The molecule has 3 amide bonds. The number of carbonyl (C=O) groups excluding carboxylic acids is 2. The summed E-state index contributed by atoms with van der Waals surface area (Å²) in [4.78, 5) is 24.8. The van der Waals surface area contributed by atoms with Crippen LogP contribution in [0.1, 0.15) is 10.4 Å². The Morgan fingerprint density at radius 2 is 1.52 bits per heavy atom. The lowest BCUT2D eigenvalue weighted by atomic mass is 10.2. The lowest BCUT2D eigenvalue weighted by Gasteiger charge is -2.25. The monoisotopic (exact) mass is 524 g/mol. The Kier molecular flexibility index (Phi) is 7.69. The van der Waals surface area contributed by atoms with Crippen molar-refractivity contribution >= 4 is 40.8 Å². The third-order valence-electron chi connectivity index (χ3n) is 3.91. The average Bonchev–Trinajstić information content (AvgIpc) is 2.68. The molecule has 0 heterocycles. The molecule has 0 fully saturated rings. The Balaban J connectivity index is 2.24. The molecule has 33 heavy (non-hydrogen) atoms. The van der Waals surface area contributed by atoms with E-state index in [0.29, 0.717) is 17.0 Å². The minimum Gasteiger partial charge on any atom is -0.427 e. The number of nitrogens with zero attached hydrogens (tertiary/aromatic N) is 1. The number of carbonyl (C=O) groups is 2. The van der Waals surface area contributed by atoms with Crippen LogP contribution in [0, 0.1) is 11.6 Å². The highest BCUT2D eigenvalue weighted by Crippen LogP contribution is 2.43. The molecule has 1 unspecified atom stereocenters. The van der Waals surface area contributed by atoms with E-state index in [1.54, 1.807) is 5.32 Å². The molecule has 0 saturated heterocycles. The van der Waals surface area contributed by atoms with Gasteiger partial charge in [0, 0.05) is 12.7 Å². The van der Waals surface area contributed by atoms with Crippen LogP contribution in [-0.4, -0.2) is 37.4 Å². The maximum Gasteiger partial charge on any atom is 0.439 e. The molecule has 0 saturated carbocycles. The van der Waals surface area contributed by atoms with Crippen LogP contribution >= 0.6 is 23.2 Å². The minimum absolute atomic E-state index is 0.312. The van der Waals surface area contributed by atoms with E-state index in [1.807, 2.05) is 0 Å². The van der Waals surface area contributed by atoms with Gasteiger partial charge < -0.3 is 4.74 Å². The summed E-state index contributed by atoms with van der Waals surface area (Å²) in [5.41, 5.74) is -1.38. The quantitative estimate of drug-likeness (QED) is 0.478. The first-order valence-corrected chi connectivity index (χ1v) is 9.11. The van der Waals surface area contributed by atoms with Crippen LogP contribution in [0.5, 0.6) is 5.75 Å². The van der Waals surface area contributed by atoms with Gasteiger partial charge in [-0.1, -0.05) is 29.3 Å². The number of halogens is 10. The van der Waals surface area contributed by atoms with E-state index in [0.717, 1.165) is 25.2 Å². The van der Waals surface area contributed by atoms with Crippen molar-refractivity contribution in [2.45, 2.75) is 18.5 Å². The summed E-state index contributed by atoms with van der Waals surface area (Å²) in [5, 5.41) is -0.0432. The Bertz CT molecular complexity index is 1040. The highest BCUT2D eigenvalue weighted by atomic mass is 35.5. The van der Waals surface area contributed by atoms with E-state index in [2.05, 4.69) is 4.74 Å². The molecule has 180 valence electrons. The number of anilines is 1. The normalized spacial score (nSPS) is 12.8. The Labute approximate surface area is 189 Å². The highest BCUT2D eigenvalue weighted by molar-refractivity contribution is 6.37. The van der Waals surface area contributed by atoms with Gasteiger partial charge in [0.25, 0.3) is 12.1 Å². The fraction of sp³-hybridized carbons (Fsp3) is 0.222. The molecule has 2 aromatic rings. The van der Waals surface area contributed by atoms with Gasteiger partial charge in [-0.2, -0.15) is 22.0 Å². The number of hydrogen-bond donors (Lipinski definition) is 1. The van der Waals surface area contributed by atoms with Crippen molar-refractivity contribution in [3.8, 4) is 5.75 Å². The predicted octanol–water partition coefficient (Wildman–Crippen LogP) is 6.13. The van der Waals surface area contributed by atoms with Crippen LogP contribution in [0.15, 0.2) is 30.3 Å². The summed E-state index contributed by atoms with van der Waals surface area (Å²) < 4.78 is 108. The first kappa shape index (κ1) is 26.5. The molecule has 2 rings (SSSR count). The third-order valence-corrected chi connectivity index (χ3v) is 4.47. The second-order valence-corrected chi connectivity index (χ2v) is 7.04. The van der Waals surface area contributed by atoms with Crippen LogP contribution in [0.4, 0.5) is 45.6 Å². The van der Waals surface area contributed by atoms with Crippen LogP contribution in [0.25, 0.3) is 0 Å². The van der Waals surface area contributed by atoms with Crippen LogP contribution in [0.3, 0.4) is 0 Å². The van der Waals surface area contributed by atoms with Gasteiger partial charge in [-0.15, -0.1) is 0 Å². The van der Waals surface area contributed by atoms with Crippen molar-refractivity contribution in [1.82, 2.24) is 5.32 Å². The van der Waals surface area contributed by atoms with Crippen LogP contribution < -0.4 is 15.0 Å². The molecule has 0 aromatic heterocycles. The predicted molar refractivity (Wildman–Crippen MR) is 101 cm³/mol. The van der Waals surface area contributed by atoms with Gasteiger partial charge >= 0.3 is 18.3 Å². The van der Waals surface area contributed by atoms with Gasteiger partial charge in [-0.3, -0.25) is 15.0 Å². The molecular formula is C18H10Cl2F8N2O3. The molecule has 0 aliphatic heterocycles. The molecular weight excluding hydrogens is 515 g/mol. The van der Waals surface area contributed by atoms with E-state index in [9.17, 15) is 44.7 Å². The topological polar surface area (TPSA) is 58.6 Å². The number of nitrogens with one attached hydrogen (secondary N) is 1. The number of benzene rings is 2. The molecule has 0 radical (unpaired) electrons. The number of rotatable bonds is 5. The number of hydrogen-bond acceptors (Lipinski definition) is 3. The second-order valence-electron chi connectivity index (χ2n) is 6.22. The van der Waals surface area contributed by atoms with Gasteiger partial charge in [-0.25, -0.2) is 18.0 Å². The molecule has 1 N–H and O–H groups in total. The zero-order chi connectivity index (χ0) is 25.3. The summed E-state index contributed by atoms with van der Waals surface area (Å²) in [6.07, 6.45) is -16.0. The van der Waals surface area contributed by atoms with Crippen molar-refractivity contribution in [2.75, 3.05) is 11.9 Å². The number of imide groups is 1. The lowest BCUT2D eigenvalue weighted by Crippen LogP contribution is -2.45. The summed E-state index contributed by atoms with van der Waals surface area (Å²) in [7, 11) is 0.999. The number of urea groups is 1. The Morgan fingerprint density at radius 1 is 1.03 bits per heavy atom. The molecule has 0 aliphatic rings. The van der Waals surface area contributed by atoms with E-state index < -0.39 is 63.4 Å². The average molecular weight is 525 g/mol. The van der Waals surface area contributed by atoms with Gasteiger partial charge in [0.15, 0.2) is 5.75 Å². The van der Waals surface area contributed by atoms with Crippen molar-refractivity contribution < 1.29 is 49.4 Å². The van der Waals surface area contributed by atoms with E-state index >= 15 is 0 Å². The van der Waals surface area contributed by atoms with Gasteiger partial charge in [0.1, 0.15) is 17.2 Å². The maximum absolute atomic E-state index is 13.7. The zero-order valence-electron chi connectivity index (χ0n) is 15.9. The smallest absolute Gasteiger partial charge is 0.427 e. The first-order valence-electron chi connectivity index (χ1n) is 8.36. The summed E-state index contributed by atoms with van der Waals surface area (Å²) in [6, 6.07) is 2.66. The maximum atomic E-state index is 13.7. The van der Waals surface area contributed by atoms with Crippen LogP contribution in [0.2, 0.25) is 10.0 Å². The number of ether oxygens (including phenoxy) is 1. The fourth-order valence-corrected chi connectivity index (χ4v) is 2.84. The molecule has 0 bridgehead atoms. The van der Waals surface area contributed by atoms with E-state index in [-0.39, 0.29) is 5.69 Å². The first-order chi connectivity index (χ1) is 15.1. The molecule has 15 heteroatoms. The van der Waals surface area contributed by atoms with Gasteiger partial charge in [0.05, 0.1) is 10.0 Å². The molecule has 0 aliphatic carbocycles. The second kappa shape index (κ2) is 9.59.